The average Bonchev–Trinajstić information content (AvgIpc) is 2.66. The third-order valence-electron chi connectivity index (χ3n) is 3.36. The van der Waals surface area contributed by atoms with E-state index in [0.717, 1.165) is 18.5 Å². The Kier molecular flexibility index (Phi) is 3.36. The molecule has 0 aliphatic carbocycles. The highest BCUT2D eigenvalue weighted by atomic mass is 16.4. The van der Waals surface area contributed by atoms with Crippen molar-refractivity contribution in [2.24, 2.45) is 5.92 Å². The molecule has 1 saturated heterocycles. The van der Waals surface area contributed by atoms with Gasteiger partial charge in [-0.15, -0.1) is 0 Å². The molecule has 1 amide bonds. The van der Waals surface area contributed by atoms with Crippen LogP contribution in [0, 0.1) is 12.8 Å². The van der Waals surface area contributed by atoms with E-state index in [-0.39, 0.29) is 6.04 Å². The van der Waals surface area contributed by atoms with Gasteiger partial charge in [-0.2, -0.15) is 5.10 Å². The van der Waals surface area contributed by atoms with E-state index < -0.39 is 6.09 Å². The fourth-order valence-electron chi connectivity index (χ4n) is 2.41. The molecule has 17 heavy (non-hydrogen) atoms. The minimum Gasteiger partial charge on any atom is -0.465 e. The molecule has 5 heteroatoms. The summed E-state index contributed by atoms with van der Waals surface area (Å²) >= 11 is 0. The smallest absolute Gasteiger partial charge is 0.407 e. The summed E-state index contributed by atoms with van der Waals surface area (Å²) in [6.45, 7) is 5.34. The van der Waals surface area contributed by atoms with E-state index >= 15 is 0 Å². The molecule has 1 aliphatic rings. The van der Waals surface area contributed by atoms with Gasteiger partial charge in [0.05, 0.1) is 18.3 Å². The Bertz CT molecular complexity index is 402. The van der Waals surface area contributed by atoms with Crippen molar-refractivity contribution >= 4 is 6.09 Å². The molecule has 0 spiro atoms. The predicted octanol–water partition coefficient (Wildman–Crippen LogP) is 1.97. The van der Waals surface area contributed by atoms with Gasteiger partial charge in [-0.05, 0) is 31.7 Å². The first-order valence-corrected chi connectivity index (χ1v) is 6.06. The van der Waals surface area contributed by atoms with Crippen LogP contribution in [0.25, 0.3) is 0 Å². The molecule has 1 N–H and O–H groups in total. The van der Waals surface area contributed by atoms with Gasteiger partial charge >= 0.3 is 6.09 Å². The van der Waals surface area contributed by atoms with Gasteiger partial charge in [0.15, 0.2) is 0 Å². The van der Waals surface area contributed by atoms with Crippen molar-refractivity contribution in [2.45, 2.75) is 39.3 Å². The third kappa shape index (κ3) is 2.78. The fourth-order valence-corrected chi connectivity index (χ4v) is 2.41. The summed E-state index contributed by atoms with van der Waals surface area (Å²) in [6, 6.07) is 2.00. The Balaban J connectivity index is 2.05. The molecular formula is C12H19N3O2. The van der Waals surface area contributed by atoms with Gasteiger partial charge in [0, 0.05) is 12.7 Å². The van der Waals surface area contributed by atoms with Crippen molar-refractivity contribution in [1.82, 2.24) is 14.7 Å². The second-order valence-corrected chi connectivity index (χ2v) is 4.95. The van der Waals surface area contributed by atoms with Crippen molar-refractivity contribution in [1.29, 1.82) is 0 Å². The summed E-state index contributed by atoms with van der Waals surface area (Å²) in [5.41, 5.74) is 0.969. The number of hydrogen-bond acceptors (Lipinski definition) is 2. The number of carbonyl (C=O) groups is 1. The first kappa shape index (κ1) is 12.0. The maximum absolute atomic E-state index is 11.2. The third-order valence-corrected chi connectivity index (χ3v) is 3.36. The first-order chi connectivity index (χ1) is 8.06. The number of likely N-dealkylation sites (tertiary alicyclic amines) is 1. The van der Waals surface area contributed by atoms with E-state index in [1.165, 1.54) is 0 Å². The van der Waals surface area contributed by atoms with Crippen LogP contribution < -0.4 is 0 Å². The molecule has 5 nitrogen and oxygen atoms in total. The number of aromatic nitrogens is 2. The average molecular weight is 237 g/mol. The highest BCUT2D eigenvalue weighted by Gasteiger charge is 2.29. The summed E-state index contributed by atoms with van der Waals surface area (Å²) < 4.78 is 1.84. The van der Waals surface area contributed by atoms with Gasteiger partial charge in [0.2, 0.25) is 0 Å². The van der Waals surface area contributed by atoms with Crippen molar-refractivity contribution in [2.75, 3.05) is 6.54 Å². The molecule has 2 atom stereocenters. The van der Waals surface area contributed by atoms with Gasteiger partial charge in [-0.3, -0.25) is 4.68 Å². The van der Waals surface area contributed by atoms with Crippen molar-refractivity contribution < 1.29 is 9.90 Å². The number of piperidine rings is 1. The first-order valence-electron chi connectivity index (χ1n) is 6.06. The summed E-state index contributed by atoms with van der Waals surface area (Å²) in [5, 5.41) is 13.5. The number of aryl methyl sites for hydroxylation is 1. The summed E-state index contributed by atoms with van der Waals surface area (Å²) in [6.07, 6.45) is 3.11. The highest BCUT2D eigenvalue weighted by molar-refractivity contribution is 5.65. The lowest BCUT2D eigenvalue weighted by atomic mass is 9.94. The number of rotatable bonds is 2. The second-order valence-electron chi connectivity index (χ2n) is 4.95. The molecule has 0 aromatic carbocycles. The Morgan fingerprint density at radius 2 is 2.35 bits per heavy atom. The van der Waals surface area contributed by atoms with Gasteiger partial charge in [-0.25, -0.2) is 4.79 Å². The van der Waals surface area contributed by atoms with Crippen LogP contribution in [-0.4, -0.2) is 38.5 Å². The van der Waals surface area contributed by atoms with Gasteiger partial charge in [0.25, 0.3) is 0 Å². The molecular weight excluding hydrogens is 218 g/mol. The highest BCUT2D eigenvalue weighted by Crippen LogP contribution is 2.22. The van der Waals surface area contributed by atoms with E-state index in [4.69, 9.17) is 0 Å². The monoisotopic (exact) mass is 237 g/mol. The fraction of sp³-hybridized carbons (Fsp3) is 0.667. The Morgan fingerprint density at radius 3 is 2.94 bits per heavy atom. The molecule has 2 heterocycles. The molecule has 94 valence electrons. The van der Waals surface area contributed by atoms with Crippen LogP contribution in [0.1, 0.15) is 25.5 Å². The number of amides is 1. The molecule has 0 unspecified atom stereocenters. The molecule has 0 saturated carbocycles. The van der Waals surface area contributed by atoms with E-state index in [1.807, 2.05) is 23.9 Å². The topological polar surface area (TPSA) is 58.4 Å². The zero-order valence-electron chi connectivity index (χ0n) is 10.3. The van der Waals surface area contributed by atoms with Gasteiger partial charge in [-0.1, -0.05) is 6.92 Å². The lowest BCUT2D eigenvalue weighted by Gasteiger charge is -2.36. The van der Waals surface area contributed by atoms with Crippen LogP contribution in [0.15, 0.2) is 12.3 Å². The number of carboxylic acid groups (broad SMARTS) is 1. The number of hydrogen-bond donors (Lipinski definition) is 1. The minimum absolute atomic E-state index is 0.0583. The number of nitrogens with zero attached hydrogens (tertiary/aromatic N) is 3. The molecule has 1 aliphatic heterocycles. The van der Waals surface area contributed by atoms with Crippen LogP contribution in [0.5, 0.6) is 0 Å². The van der Waals surface area contributed by atoms with E-state index in [1.54, 1.807) is 4.90 Å². The molecule has 0 bridgehead atoms. The molecule has 1 aromatic rings. The Labute approximate surface area is 101 Å². The van der Waals surface area contributed by atoms with E-state index in [2.05, 4.69) is 12.0 Å². The lowest BCUT2D eigenvalue weighted by Crippen LogP contribution is -2.47. The molecule has 0 radical (unpaired) electrons. The molecule has 2 rings (SSSR count). The predicted molar refractivity (Wildman–Crippen MR) is 63.9 cm³/mol. The van der Waals surface area contributed by atoms with Crippen LogP contribution >= 0.6 is 0 Å². The van der Waals surface area contributed by atoms with Crippen LogP contribution in [0.4, 0.5) is 4.79 Å². The van der Waals surface area contributed by atoms with Crippen molar-refractivity contribution in [3.8, 4) is 0 Å². The molecule has 1 fully saturated rings. The van der Waals surface area contributed by atoms with E-state index in [0.29, 0.717) is 19.0 Å². The summed E-state index contributed by atoms with van der Waals surface area (Å²) in [5.74, 6) is 0.460. The van der Waals surface area contributed by atoms with Gasteiger partial charge in [0.1, 0.15) is 0 Å². The summed E-state index contributed by atoms with van der Waals surface area (Å²) in [7, 11) is 0. The zero-order chi connectivity index (χ0) is 12.4. The van der Waals surface area contributed by atoms with Crippen LogP contribution in [-0.2, 0) is 6.54 Å². The van der Waals surface area contributed by atoms with Crippen LogP contribution in [0.2, 0.25) is 0 Å². The summed E-state index contributed by atoms with van der Waals surface area (Å²) in [4.78, 5) is 12.8. The largest absolute Gasteiger partial charge is 0.465 e. The second kappa shape index (κ2) is 4.77. The maximum atomic E-state index is 11.2. The minimum atomic E-state index is -0.814. The van der Waals surface area contributed by atoms with E-state index in [9.17, 15) is 9.90 Å². The van der Waals surface area contributed by atoms with Crippen LogP contribution in [0.3, 0.4) is 0 Å². The lowest BCUT2D eigenvalue weighted by molar-refractivity contribution is 0.0820. The Morgan fingerprint density at radius 1 is 1.59 bits per heavy atom. The zero-order valence-corrected chi connectivity index (χ0v) is 10.3. The SMILES string of the molecule is Cc1ccn(C[C@H]2CC[C@H](C)CN2C(=O)O)n1. The normalized spacial score (nSPS) is 24.9. The van der Waals surface area contributed by atoms with Gasteiger partial charge < -0.3 is 10.0 Å². The standard InChI is InChI=1S/C12H19N3O2/c1-9-3-4-11(15(7-9)12(16)17)8-14-6-5-10(2)13-14/h5-6,9,11H,3-4,7-8H2,1-2H3,(H,16,17)/t9-,11+/m0/s1. The van der Waals surface area contributed by atoms with Crippen molar-refractivity contribution in [3.63, 3.8) is 0 Å². The Hall–Kier alpha value is -1.52. The quantitative estimate of drug-likeness (QED) is 0.855. The molecule has 1 aromatic heterocycles. The maximum Gasteiger partial charge on any atom is 0.407 e. The van der Waals surface area contributed by atoms with Crippen molar-refractivity contribution in [3.05, 3.63) is 18.0 Å².